The largest absolute Gasteiger partial charge is 0.477 e. The summed E-state index contributed by atoms with van der Waals surface area (Å²) in [5.41, 5.74) is 0.0559. The summed E-state index contributed by atoms with van der Waals surface area (Å²) < 4.78 is 5.35. The Morgan fingerprint density at radius 1 is 1.22 bits per heavy atom. The third-order valence-electron chi connectivity index (χ3n) is 3.32. The van der Waals surface area contributed by atoms with Crippen molar-refractivity contribution in [2.24, 2.45) is 0 Å². The van der Waals surface area contributed by atoms with Crippen LogP contribution >= 0.6 is 11.6 Å². The number of ether oxygens (including phenoxy) is 1. The molecule has 0 saturated carbocycles. The number of carboxylic acid groups (broad SMARTS) is 1. The summed E-state index contributed by atoms with van der Waals surface area (Å²) >= 11 is 6.07. The van der Waals surface area contributed by atoms with Crippen LogP contribution in [0.2, 0.25) is 5.15 Å². The Balaban J connectivity index is 1.99. The lowest BCUT2D eigenvalue weighted by atomic mass is 10.2. The van der Waals surface area contributed by atoms with E-state index in [2.05, 4.69) is 4.98 Å². The quantitative estimate of drug-likeness (QED) is 0.832. The van der Waals surface area contributed by atoms with E-state index in [1.165, 1.54) is 6.07 Å². The van der Waals surface area contributed by atoms with Gasteiger partial charge in [0, 0.05) is 26.2 Å². The van der Waals surface area contributed by atoms with Crippen LogP contribution in [0.5, 0.6) is 0 Å². The lowest BCUT2D eigenvalue weighted by molar-refractivity contribution is 0.0240. The van der Waals surface area contributed by atoms with E-state index in [1.807, 2.05) is 25.7 Å². The Hall–Kier alpha value is -2.02. The maximum atomic E-state index is 12.0. The van der Waals surface area contributed by atoms with E-state index in [0.717, 1.165) is 0 Å². The second-order valence-corrected chi connectivity index (χ2v) is 6.62. The number of carbonyl (C=O) groups excluding carboxylic acids is 1. The highest BCUT2D eigenvalue weighted by atomic mass is 35.5. The van der Waals surface area contributed by atoms with Crippen molar-refractivity contribution in [2.45, 2.75) is 26.4 Å². The molecular formula is C15H20ClN3O4. The number of piperazine rings is 1. The van der Waals surface area contributed by atoms with Gasteiger partial charge in [0.2, 0.25) is 0 Å². The Labute approximate surface area is 139 Å². The molecule has 1 N–H and O–H groups in total. The van der Waals surface area contributed by atoms with Crippen LogP contribution in [0.1, 0.15) is 31.3 Å². The number of carboxylic acids is 1. The molecule has 1 aromatic rings. The van der Waals surface area contributed by atoms with Crippen LogP contribution in [0.15, 0.2) is 12.1 Å². The Morgan fingerprint density at radius 2 is 1.83 bits per heavy atom. The van der Waals surface area contributed by atoms with Crippen LogP contribution in [-0.2, 0) is 4.74 Å². The molecule has 2 rings (SSSR count). The predicted molar refractivity (Wildman–Crippen MR) is 86.2 cm³/mol. The molecule has 126 valence electrons. The van der Waals surface area contributed by atoms with Crippen LogP contribution in [0.25, 0.3) is 0 Å². The molecule has 0 atom stereocenters. The minimum absolute atomic E-state index is 0.0915. The predicted octanol–water partition coefficient (Wildman–Crippen LogP) is 2.49. The molecule has 1 aliphatic heterocycles. The minimum atomic E-state index is -1.12. The molecule has 1 aromatic heterocycles. The Bertz CT molecular complexity index is 607. The number of anilines is 1. The number of aromatic nitrogens is 1. The number of amides is 1. The van der Waals surface area contributed by atoms with Gasteiger partial charge in [0.05, 0.1) is 5.69 Å². The Morgan fingerprint density at radius 3 is 2.30 bits per heavy atom. The maximum absolute atomic E-state index is 12.0. The van der Waals surface area contributed by atoms with Gasteiger partial charge in [0.1, 0.15) is 11.3 Å². The average Bonchev–Trinajstić information content (AvgIpc) is 2.45. The zero-order chi connectivity index (χ0) is 17.2. The summed E-state index contributed by atoms with van der Waals surface area (Å²) in [5, 5.41) is 9.06. The summed E-state index contributed by atoms with van der Waals surface area (Å²) in [7, 11) is 0. The molecule has 1 aliphatic rings. The van der Waals surface area contributed by atoms with Gasteiger partial charge in [0.15, 0.2) is 5.15 Å². The first kappa shape index (κ1) is 17.3. The molecule has 1 saturated heterocycles. The number of carbonyl (C=O) groups is 2. The van der Waals surface area contributed by atoms with E-state index >= 15 is 0 Å². The summed E-state index contributed by atoms with van der Waals surface area (Å²) in [6, 6.07) is 3.06. The van der Waals surface area contributed by atoms with Crippen LogP contribution in [-0.4, -0.2) is 58.8 Å². The van der Waals surface area contributed by atoms with Crippen molar-refractivity contribution in [3.8, 4) is 0 Å². The van der Waals surface area contributed by atoms with Gasteiger partial charge in [-0.1, -0.05) is 11.6 Å². The SMILES string of the molecule is CC(C)(C)OC(=O)N1CCN(c2ccc(C(=O)O)nc2Cl)CC1. The van der Waals surface area contributed by atoms with E-state index in [0.29, 0.717) is 31.9 Å². The molecule has 0 spiro atoms. The molecule has 23 heavy (non-hydrogen) atoms. The summed E-state index contributed by atoms with van der Waals surface area (Å²) in [4.78, 5) is 30.4. The van der Waals surface area contributed by atoms with E-state index in [9.17, 15) is 9.59 Å². The first-order valence-corrected chi connectivity index (χ1v) is 7.68. The fraction of sp³-hybridized carbons (Fsp3) is 0.533. The monoisotopic (exact) mass is 341 g/mol. The molecule has 8 heteroatoms. The third kappa shape index (κ3) is 4.48. The molecular weight excluding hydrogens is 322 g/mol. The second-order valence-electron chi connectivity index (χ2n) is 6.27. The van der Waals surface area contributed by atoms with Gasteiger partial charge in [0.25, 0.3) is 0 Å². The van der Waals surface area contributed by atoms with Crippen molar-refractivity contribution in [1.82, 2.24) is 9.88 Å². The van der Waals surface area contributed by atoms with Crippen LogP contribution < -0.4 is 4.90 Å². The highest BCUT2D eigenvalue weighted by molar-refractivity contribution is 6.32. The highest BCUT2D eigenvalue weighted by Gasteiger charge is 2.27. The smallest absolute Gasteiger partial charge is 0.410 e. The second kappa shape index (κ2) is 6.62. The van der Waals surface area contributed by atoms with Gasteiger partial charge in [-0.05, 0) is 32.9 Å². The van der Waals surface area contributed by atoms with Crippen molar-refractivity contribution in [1.29, 1.82) is 0 Å². The van der Waals surface area contributed by atoms with Gasteiger partial charge >= 0.3 is 12.1 Å². The topological polar surface area (TPSA) is 83.0 Å². The summed E-state index contributed by atoms with van der Waals surface area (Å²) in [6.07, 6.45) is -0.331. The Kier molecular flexibility index (Phi) is 4.99. The van der Waals surface area contributed by atoms with Crippen LogP contribution in [0.3, 0.4) is 0 Å². The number of aromatic carboxylic acids is 1. The number of hydrogen-bond acceptors (Lipinski definition) is 5. The molecule has 1 fully saturated rings. The van der Waals surface area contributed by atoms with Crippen LogP contribution in [0, 0.1) is 0 Å². The standard InChI is InChI=1S/C15H20ClN3O4/c1-15(2,3)23-14(22)19-8-6-18(7-9-19)11-5-4-10(13(20)21)17-12(11)16/h4-5H,6-9H2,1-3H3,(H,20,21). The molecule has 0 unspecified atom stereocenters. The molecule has 0 radical (unpaired) electrons. The first-order chi connectivity index (χ1) is 10.7. The maximum Gasteiger partial charge on any atom is 0.410 e. The summed E-state index contributed by atoms with van der Waals surface area (Å²) in [5.74, 6) is -1.12. The number of nitrogens with zero attached hydrogens (tertiary/aromatic N) is 3. The van der Waals surface area contributed by atoms with E-state index in [-0.39, 0.29) is 16.9 Å². The van der Waals surface area contributed by atoms with Gasteiger partial charge in [-0.3, -0.25) is 0 Å². The lowest BCUT2D eigenvalue weighted by Gasteiger charge is -2.36. The van der Waals surface area contributed by atoms with Crippen LogP contribution in [0.4, 0.5) is 10.5 Å². The van der Waals surface area contributed by atoms with Gasteiger partial charge < -0.3 is 19.6 Å². The number of hydrogen-bond donors (Lipinski definition) is 1. The number of rotatable bonds is 2. The number of pyridine rings is 1. The minimum Gasteiger partial charge on any atom is -0.477 e. The molecule has 2 heterocycles. The van der Waals surface area contributed by atoms with Gasteiger partial charge in [-0.25, -0.2) is 14.6 Å². The van der Waals surface area contributed by atoms with Gasteiger partial charge in [-0.15, -0.1) is 0 Å². The summed E-state index contributed by atoms with van der Waals surface area (Å²) in [6.45, 7) is 7.65. The first-order valence-electron chi connectivity index (χ1n) is 7.30. The van der Waals surface area contributed by atoms with E-state index in [1.54, 1.807) is 11.0 Å². The molecule has 0 aromatic carbocycles. The third-order valence-corrected chi connectivity index (χ3v) is 3.60. The van der Waals surface area contributed by atoms with Gasteiger partial charge in [-0.2, -0.15) is 0 Å². The molecule has 0 bridgehead atoms. The van der Waals surface area contributed by atoms with Crippen molar-refractivity contribution < 1.29 is 19.4 Å². The molecule has 0 aliphatic carbocycles. The highest BCUT2D eigenvalue weighted by Crippen LogP contribution is 2.25. The van der Waals surface area contributed by atoms with E-state index in [4.69, 9.17) is 21.4 Å². The van der Waals surface area contributed by atoms with Crippen molar-refractivity contribution in [3.05, 3.63) is 23.0 Å². The van der Waals surface area contributed by atoms with E-state index < -0.39 is 11.6 Å². The van der Waals surface area contributed by atoms with Crippen molar-refractivity contribution >= 4 is 29.4 Å². The molecule has 1 amide bonds. The van der Waals surface area contributed by atoms with Crippen molar-refractivity contribution in [3.63, 3.8) is 0 Å². The lowest BCUT2D eigenvalue weighted by Crippen LogP contribution is -2.50. The fourth-order valence-electron chi connectivity index (χ4n) is 2.24. The average molecular weight is 342 g/mol. The van der Waals surface area contributed by atoms with Crippen molar-refractivity contribution in [2.75, 3.05) is 31.1 Å². The molecule has 7 nitrogen and oxygen atoms in total. The fourth-order valence-corrected chi connectivity index (χ4v) is 2.51. The normalized spacial score (nSPS) is 15.5. The number of halogens is 1. The zero-order valence-electron chi connectivity index (χ0n) is 13.4. The zero-order valence-corrected chi connectivity index (χ0v) is 14.1.